The molecule has 0 unspecified atom stereocenters. The van der Waals surface area contributed by atoms with E-state index in [9.17, 15) is 9.59 Å². The van der Waals surface area contributed by atoms with Gasteiger partial charge in [0.2, 0.25) is 0 Å². The molecule has 0 amide bonds. The molecule has 1 aromatic carbocycles. The number of aromatic amines is 1. The molecule has 1 heterocycles. The Hall–Kier alpha value is -1.69. The zero-order chi connectivity index (χ0) is 14.3. The van der Waals surface area contributed by atoms with Gasteiger partial charge in [0, 0.05) is 11.3 Å². The Balaban J connectivity index is 2.05. The van der Waals surface area contributed by atoms with Crippen LogP contribution in [-0.4, -0.2) is 31.6 Å². The van der Waals surface area contributed by atoms with E-state index in [1.807, 2.05) is 11.8 Å². The van der Waals surface area contributed by atoms with Crippen molar-refractivity contribution in [3.8, 4) is 0 Å². The first-order chi connectivity index (χ1) is 9.54. The molecule has 1 aliphatic rings. The van der Waals surface area contributed by atoms with Gasteiger partial charge in [-0.25, -0.2) is 9.59 Å². The van der Waals surface area contributed by atoms with Crippen LogP contribution in [0.1, 0.15) is 29.6 Å². The monoisotopic (exact) mass is 292 g/mol. The molecule has 0 saturated heterocycles. The number of carbonyl (C=O) groups is 1. The topological polar surface area (TPSA) is 75.1 Å². The minimum absolute atomic E-state index is 0.157. The smallest absolute Gasteiger partial charge is 0.335 e. The van der Waals surface area contributed by atoms with Gasteiger partial charge in [-0.15, -0.1) is 0 Å². The quantitative estimate of drug-likeness (QED) is 0.906. The molecule has 2 aromatic rings. The number of benzene rings is 1. The molecule has 1 saturated carbocycles. The predicted molar refractivity (Wildman–Crippen MR) is 79.6 cm³/mol. The van der Waals surface area contributed by atoms with Crippen molar-refractivity contribution >= 4 is 28.8 Å². The number of carboxylic acid groups (broad SMARTS) is 1. The molecule has 3 rings (SSSR count). The second kappa shape index (κ2) is 4.70. The predicted octanol–water partition coefficient (Wildman–Crippen LogP) is 2.31. The molecule has 20 heavy (non-hydrogen) atoms. The van der Waals surface area contributed by atoms with Crippen molar-refractivity contribution in [1.29, 1.82) is 0 Å². The van der Waals surface area contributed by atoms with E-state index in [0.29, 0.717) is 12.1 Å². The number of imidazole rings is 1. The lowest BCUT2D eigenvalue weighted by atomic mass is 9.84. The summed E-state index contributed by atoms with van der Waals surface area (Å²) in [6, 6.07) is 4.77. The van der Waals surface area contributed by atoms with Crippen molar-refractivity contribution in [2.75, 3.05) is 6.26 Å². The first-order valence-corrected chi connectivity index (χ1v) is 7.78. The lowest BCUT2D eigenvalue weighted by Gasteiger charge is -2.40. The fraction of sp³-hybridized carbons (Fsp3) is 0.429. The van der Waals surface area contributed by atoms with Crippen LogP contribution in [0.15, 0.2) is 23.0 Å². The summed E-state index contributed by atoms with van der Waals surface area (Å²) in [5, 5.41) is 8.99. The highest BCUT2D eigenvalue weighted by molar-refractivity contribution is 8.00. The van der Waals surface area contributed by atoms with Crippen LogP contribution in [0, 0.1) is 0 Å². The SMILES string of the molecule is CSC1(Cn2c(=O)[nH]c3cc(C(=O)O)ccc32)CCC1. The van der Waals surface area contributed by atoms with E-state index in [1.165, 1.54) is 12.5 Å². The number of carboxylic acids is 1. The third kappa shape index (κ3) is 2.04. The number of hydrogen-bond donors (Lipinski definition) is 2. The molecule has 106 valence electrons. The first-order valence-electron chi connectivity index (χ1n) is 6.56. The summed E-state index contributed by atoms with van der Waals surface area (Å²) in [7, 11) is 0. The molecule has 1 aromatic heterocycles. The lowest BCUT2D eigenvalue weighted by molar-refractivity contribution is 0.0697. The fourth-order valence-electron chi connectivity index (χ4n) is 2.74. The maximum absolute atomic E-state index is 12.1. The van der Waals surface area contributed by atoms with Crippen molar-refractivity contribution in [2.24, 2.45) is 0 Å². The van der Waals surface area contributed by atoms with Crippen LogP contribution in [0.3, 0.4) is 0 Å². The van der Waals surface area contributed by atoms with E-state index in [-0.39, 0.29) is 16.0 Å². The molecule has 0 aliphatic heterocycles. The van der Waals surface area contributed by atoms with Gasteiger partial charge in [0.1, 0.15) is 0 Å². The molecule has 0 atom stereocenters. The van der Waals surface area contributed by atoms with E-state index in [0.717, 1.165) is 18.4 Å². The van der Waals surface area contributed by atoms with Crippen LogP contribution in [0.2, 0.25) is 0 Å². The highest BCUT2D eigenvalue weighted by atomic mass is 32.2. The van der Waals surface area contributed by atoms with E-state index in [2.05, 4.69) is 11.2 Å². The van der Waals surface area contributed by atoms with Crippen molar-refractivity contribution in [1.82, 2.24) is 9.55 Å². The highest BCUT2D eigenvalue weighted by Gasteiger charge is 2.37. The largest absolute Gasteiger partial charge is 0.478 e. The van der Waals surface area contributed by atoms with Gasteiger partial charge in [-0.1, -0.05) is 6.42 Å². The molecule has 1 aliphatic carbocycles. The molecule has 0 bridgehead atoms. The summed E-state index contributed by atoms with van der Waals surface area (Å²) in [4.78, 5) is 25.8. The Morgan fingerprint density at radius 3 is 2.80 bits per heavy atom. The van der Waals surface area contributed by atoms with Crippen molar-refractivity contribution in [2.45, 2.75) is 30.6 Å². The number of aromatic carboxylic acids is 1. The number of fused-ring (bicyclic) bond motifs is 1. The van der Waals surface area contributed by atoms with E-state index < -0.39 is 5.97 Å². The Labute approximate surface area is 120 Å². The number of nitrogens with zero attached hydrogens (tertiary/aromatic N) is 1. The number of rotatable bonds is 4. The van der Waals surface area contributed by atoms with Gasteiger partial charge < -0.3 is 10.1 Å². The minimum atomic E-state index is -0.986. The zero-order valence-electron chi connectivity index (χ0n) is 11.2. The van der Waals surface area contributed by atoms with Crippen molar-refractivity contribution in [3.63, 3.8) is 0 Å². The second-order valence-electron chi connectivity index (χ2n) is 5.29. The van der Waals surface area contributed by atoms with E-state index >= 15 is 0 Å². The number of nitrogens with one attached hydrogen (secondary N) is 1. The summed E-state index contributed by atoms with van der Waals surface area (Å²) in [6.45, 7) is 0.680. The molecule has 1 fully saturated rings. The number of thioether (sulfide) groups is 1. The lowest BCUT2D eigenvalue weighted by Crippen LogP contribution is -2.40. The van der Waals surface area contributed by atoms with Gasteiger partial charge in [-0.05, 0) is 37.3 Å². The number of aromatic nitrogens is 2. The van der Waals surface area contributed by atoms with Crippen molar-refractivity contribution in [3.05, 3.63) is 34.2 Å². The van der Waals surface area contributed by atoms with E-state index in [4.69, 9.17) is 5.11 Å². The van der Waals surface area contributed by atoms with Gasteiger partial charge in [0.05, 0.1) is 16.6 Å². The van der Waals surface area contributed by atoms with Gasteiger partial charge >= 0.3 is 11.7 Å². The third-order valence-electron chi connectivity index (χ3n) is 4.17. The number of hydrogen-bond acceptors (Lipinski definition) is 3. The van der Waals surface area contributed by atoms with Crippen LogP contribution in [-0.2, 0) is 6.54 Å². The maximum atomic E-state index is 12.1. The summed E-state index contributed by atoms with van der Waals surface area (Å²) in [5.41, 5.74) is 1.39. The van der Waals surface area contributed by atoms with Crippen LogP contribution in [0.25, 0.3) is 11.0 Å². The Morgan fingerprint density at radius 1 is 1.50 bits per heavy atom. The average Bonchev–Trinajstić information content (AvgIpc) is 2.68. The molecule has 0 spiro atoms. The second-order valence-corrected chi connectivity index (χ2v) is 6.57. The number of H-pyrrole nitrogens is 1. The molecule has 2 N–H and O–H groups in total. The molecular formula is C14H16N2O3S. The summed E-state index contributed by atoms with van der Waals surface area (Å²) < 4.78 is 1.89. The Bertz CT molecular complexity index is 722. The maximum Gasteiger partial charge on any atom is 0.335 e. The molecule has 0 radical (unpaired) electrons. The van der Waals surface area contributed by atoms with Crippen LogP contribution in [0.4, 0.5) is 0 Å². The van der Waals surface area contributed by atoms with Gasteiger partial charge in [0.15, 0.2) is 0 Å². The molecule has 6 heteroatoms. The Morgan fingerprint density at radius 2 is 2.25 bits per heavy atom. The van der Waals surface area contributed by atoms with Crippen LogP contribution >= 0.6 is 11.8 Å². The summed E-state index contributed by atoms with van der Waals surface area (Å²) in [5.74, 6) is -0.986. The van der Waals surface area contributed by atoms with E-state index in [1.54, 1.807) is 16.7 Å². The summed E-state index contributed by atoms with van der Waals surface area (Å²) >= 11 is 1.81. The van der Waals surface area contributed by atoms with Gasteiger partial charge in [-0.2, -0.15) is 11.8 Å². The fourth-order valence-corrected chi connectivity index (χ4v) is 3.69. The van der Waals surface area contributed by atoms with Crippen molar-refractivity contribution < 1.29 is 9.90 Å². The summed E-state index contributed by atoms with van der Waals surface area (Å²) in [6.07, 6.45) is 5.55. The molecule has 5 nitrogen and oxygen atoms in total. The zero-order valence-corrected chi connectivity index (χ0v) is 12.0. The standard InChI is InChI=1S/C14H16N2O3S/c1-20-14(5-2-6-14)8-16-11-4-3-9(12(17)18)7-10(11)15-13(16)19/h3-4,7H,2,5-6,8H2,1H3,(H,15,19)(H,17,18). The molecular weight excluding hydrogens is 276 g/mol. The first kappa shape index (κ1) is 13.3. The normalized spacial score (nSPS) is 17.1. The van der Waals surface area contributed by atoms with Gasteiger partial charge in [-0.3, -0.25) is 4.57 Å². The Kier molecular flexibility index (Phi) is 3.12. The third-order valence-corrected chi connectivity index (χ3v) is 5.57. The highest BCUT2D eigenvalue weighted by Crippen LogP contribution is 2.44. The minimum Gasteiger partial charge on any atom is -0.478 e. The average molecular weight is 292 g/mol. The van der Waals surface area contributed by atoms with Gasteiger partial charge in [0.25, 0.3) is 0 Å². The van der Waals surface area contributed by atoms with Crippen LogP contribution in [0.5, 0.6) is 0 Å². The van der Waals surface area contributed by atoms with Crippen LogP contribution < -0.4 is 5.69 Å².